The minimum absolute atomic E-state index is 0.145. The molecule has 1 amide bonds. The lowest BCUT2D eigenvalue weighted by Gasteiger charge is -2.40. The van der Waals surface area contributed by atoms with Crippen LogP contribution in [0.2, 0.25) is 0 Å². The number of amides is 1. The van der Waals surface area contributed by atoms with E-state index in [0.717, 1.165) is 11.8 Å². The maximum absolute atomic E-state index is 15.8. The van der Waals surface area contributed by atoms with Gasteiger partial charge in [-0.05, 0) is 46.2 Å². The van der Waals surface area contributed by atoms with Crippen molar-refractivity contribution in [2.75, 3.05) is 25.9 Å². The van der Waals surface area contributed by atoms with Crippen LogP contribution >= 0.6 is 23.1 Å². The number of carbonyl (C=O) groups excluding carboxylic acids is 2. The van der Waals surface area contributed by atoms with E-state index in [0.29, 0.717) is 32.9 Å². The third kappa shape index (κ3) is 5.59. The average molecular weight is 497 g/mol. The fourth-order valence-corrected chi connectivity index (χ4v) is 5.41. The zero-order chi connectivity index (χ0) is 24.5. The molecule has 0 bridgehead atoms. The van der Waals surface area contributed by atoms with Crippen LogP contribution in [-0.4, -0.2) is 59.6 Å². The molecule has 8 nitrogen and oxygen atoms in total. The molecule has 1 aliphatic heterocycles. The van der Waals surface area contributed by atoms with Crippen LogP contribution in [-0.2, 0) is 4.74 Å². The van der Waals surface area contributed by atoms with Crippen molar-refractivity contribution in [1.29, 1.82) is 0 Å². The van der Waals surface area contributed by atoms with Gasteiger partial charge >= 0.3 is 6.09 Å². The molecular weight excluding hydrogens is 467 g/mol. The van der Waals surface area contributed by atoms with Crippen molar-refractivity contribution in [2.24, 2.45) is 0 Å². The summed E-state index contributed by atoms with van der Waals surface area (Å²) in [5.41, 5.74) is 5.50. The Hall–Kier alpha value is -2.37. The quantitative estimate of drug-likeness (QED) is 0.596. The average Bonchev–Trinajstić information content (AvgIpc) is 3.13. The lowest BCUT2D eigenvalue weighted by atomic mass is 9.94. The number of nitrogen functional groups attached to an aromatic ring is 1. The van der Waals surface area contributed by atoms with Gasteiger partial charge in [-0.15, -0.1) is 0 Å². The van der Waals surface area contributed by atoms with Crippen LogP contribution in [0.15, 0.2) is 21.4 Å². The molecule has 2 heterocycles. The second-order valence-electron chi connectivity index (χ2n) is 8.74. The van der Waals surface area contributed by atoms with E-state index in [-0.39, 0.29) is 11.3 Å². The molecule has 1 aliphatic rings. The van der Waals surface area contributed by atoms with Crippen LogP contribution in [0.25, 0.3) is 0 Å². The van der Waals surface area contributed by atoms with Crippen molar-refractivity contribution in [3.05, 3.63) is 29.2 Å². The maximum Gasteiger partial charge on any atom is 0.410 e. The van der Waals surface area contributed by atoms with Crippen LogP contribution in [0.4, 0.5) is 14.3 Å². The van der Waals surface area contributed by atoms with Crippen molar-refractivity contribution in [3.8, 4) is 5.75 Å². The third-order valence-electron chi connectivity index (χ3n) is 5.14. The Morgan fingerprint density at radius 1 is 1.39 bits per heavy atom. The lowest BCUT2D eigenvalue weighted by molar-refractivity contribution is 0.00913. The molecule has 0 radical (unpaired) electrons. The van der Waals surface area contributed by atoms with E-state index < -0.39 is 35.4 Å². The van der Waals surface area contributed by atoms with Gasteiger partial charge in [-0.1, -0.05) is 23.1 Å². The predicted molar refractivity (Wildman–Crippen MR) is 127 cm³/mol. The van der Waals surface area contributed by atoms with Gasteiger partial charge in [0, 0.05) is 13.1 Å². The molecule has 1 aromatic heterocycles. The highest BCUT2D eigenvalue weighted by molar-refractivity contribution is 8.01. The summed E-state index contributed by atoms with van der Waals surface area (Å²) in [5, 5.41) is 3.51. The van der Waals surface area contributed by atoms with E-state index in [9.17, 15) is 9.59 Å². The number of nitrogens with two attached hydrogens (primary N) is 1. The Kier molecular flexibility index (Phi) is 7.55. The summed E-state index contributed by atoms with van der Waals surface area (Å²) >= 11 is 2.40. The van der Waals surface area contributed by atoms with Crippen molar-refractivity contribution < 1.29 is 23.5 Å². The second kappa shape index (κ2) is 9.86. The summed E-state index contributed by atoms with van der Waals surface area (Å²) < 4.78 is 27.3. The van der Waals surface area contributed by atoms with E-state index >= 15 is 4.39 Å². The lowest BCUT2D eigenvalue weighted by Crippen LogP contribution is -2.61. The molecule has 0 saturated carbocycles. The Morgan fingerprint density at radius 3 is 2.67 bits per heavy atom. The number of aromatic nitrogens is 1. The number of anilines is 1. The van der Waals surface area contributed by atoms with E-state index in [4.69, 9.17) is 15.2 Å². The first kappa shape index (κ1) is 25.3. The first-order valence-corrected chi connectivity index (χ1v) is 12.1. The second-order valence-corrected chi connectivity index (χ2v) is 11.1. The van der Waals surface area contributed by atoms with Crippen LogP contribution in [0.5, 0.6) is 5.75 Å². The van der Waals surface area contributed by atoms with E-state index in [1.807, 2.05) is 0 Å². The smallest absolute Gasteiger partial charge is 0.410 e. The van der Waals surface area contributed by atoms with Gasteiger partial charge < -0.3 is 25.4 Å². The van der Waals surface area contributed by atoms with Gasteiger partial charge in [0.15, 0.2) is 16.7 Å². The number of rotatable bonds is 5. The fourth-order valence-electron chi connectivity index (χ4n) is 3.60. The van der Waals surface area contributed by atoms with Crippen molar-refractivity contribution in [3.63, 3.8) is 0 Å². The number of methoxy groups -OCH3 is 1. The summed E-state index contributed by atoms with van der Waals surface area (Å²) in [4.78, 5) is 32.1. The highest BCUT2D eigenvalue weighted by Crippen LogP contribution is 2.40. The number of thiazole rings is 1. The molecule has 0 spiro atoms. The fraction of sp³-hybridized carbons (Fsp3) is 0.500. The first-order valence-electron chi connectivity index (χ1n) is 10.5. The largest absolute Gasteiger partial charge is 0.496 e. The van der Waals surface area contributed by atoms with Crippen LogP contribution in [0.1, 0.15) is 43.6 Å². The van der Waals surface area contributed by atoms with E-state index in [1.54, 1.807) is 46.9 Å². The Labute approximate surface area is 201 Å². The van der Waals surface area contributed by atoms with Crippen molar-refractivity contribution in [1.82, 2.24) is 15.2 Å². The molecule has 1 aromatic carbocycles. The number of hydrogen-bond acceptors (Lipinski definition) is 9. The summed E-state index contributed by atoms with van der Waals surface area (Å²) in [5.74, 6) is -1.01. The Balaban J connectivity index is 1.94. The third-order valence-corrected chi connectivity index (χ3v) is 7.28. The Bertz CT molecular complexity index is 1050. The number of nitrogens with one attached hydrogen (secondary N) is 1. The van der Waals surface area contributed by atoms with Crippen LogP contribution in [0, 0.1) is 12.7 Å². The number of carbonyl (C=O) groups is 2. The first-order chi connectivity index (χ1) is 15.4. The molecule has 2 aromatic rings. The van der Waals surface area contributed by atoms with E-state index in [2.05, 4.69) is 10.3 Å². The van der Waals surface area contributed by atoms with Gasteiger partial charge in [0.1, 0.15) is 11.4 Å². The summed E-state index contributed by atoms with van der Waals surface area (Å²) in [7, 11) is 1.40. The van der Waals surface area contributed by atoms with Gasteiger partial charge in [0.25, 0.3) is 0 Å². The summed E-state index contributed by atoms with van der Waals surface area (Å²) in [6.45, 7) is 9.58. The molecule has 0 aliphatic carbocycles. The molecule has 1 saturated heterocycles. The number of ether oxygens (including phenoxy) is 2. The molecule has 3 rings (SSSR count). The van der Waals surface area contributed by atoms with Crippen LogP contribution in [0.3, 0.4) is 0 Å². The molecular formula is C22H29FN4O4S2. The topological polar surface area (TPSA) is 107 Å². The van der Waals surface area contributed by atoms with Gasteiger partial charge in [-0.2, -0.15) is 0 Å². The maximum atomic E-state index is 15.8. The number of halogens is 1. The predicted octanol–water partition coefficient (Wildman–Crippen LogP) is 4.11. The number of nitrogens with zero attached hydrogens (tertiary/aromatic N) is 2. The zero-order valence-electron chi connectivity index (χ0n) is 19.5. The SMILES string of the molecule is COc1cc(C)c(Sc2cnc(N)s2)c(F)c1C(=O)C1NCCN(C(=O)OC(C)(C)C)C1C. The number of benzene rings is 1. The Morgan fingerprint density at radius 2 is 2.09 bits per heavy atom. The van der Waals surface area contributed by atoms with Gasteiger partial charge in [-0.3, -0.25) is 4.79 Å². The van der Waals surface area contributed by atoms with Gasteiger partial charge in [0.05, 0.1) is 40.1 Å². The number of piperazine rings is 1. The minimum Gasteiger partial charge on any atom is -0.496 e. The molecule has 11 heteroatoms. The van der Waals surface area contributed by atoms with Crippen molar-refractivity contribution >= 4 is 40.1 Å². The minimum atomic E-state index is -0.825. The molecule has 2 unspecified atom stereocenters. The zero-order valence-corrected chi connectivity index (χ0v) is 21.2. The van der Waals surface area contributed by atoms with E-state index in [1.165, 1.54) is 23.3 Å². The molecule has 3 N–H and O–H groups in total. The molecule has 180 valence electrons. The normalized spacial score (nSPS) is 18.8. The van der Waals surface area contributed by atoms with Crippen LogP contribution < -0.4 is 15.8 Å². The number of ketones is 1. The number of hydrogen-bond donors (Lipinski definition) is 2. The molecule has 2 atom stereocenters. The van der Waals surface area contributed by atoms with Gasteiger partial charge in [0.2, 0.25) is 0 Å². The highest BCUT2D eigenvalue weighted by Gasteiger charge is 2.39. The molecule has 1 fully saturated rings. The monoisotopic (exact) mass is 496 g/mol. The summed E-state index contributed by atoms with van der Waals surface area (Å²) in [6, 6.07) is 0.264. The molecule has 33 heavy (non-hydrogen) atoms. The summed E-state index contributed by atoms with van der Waals surface area (Å²) in [6.07, 6.45) is 1.06. The van der Waals surface area contributed by atoms with Crippen molar-refractivity contribution in [2.45, 2.75) is 61.4 Å². The number of Topliss-reactive ketones (excluding diaryl/α,β-unsaturated/α-hetero) is 1. The van der Waals surface area contributed by atoms with Gasteiger partial charge in [-0.25, -0.2) is 14.2 Å². The highest BCUT2D eigenvalue weighted by atomic mass is 32.2. The number of aryl methyl sites for hydroxylation is 1. The standard InChI is InChI=1S/C22H29FN4O4S2/c1-11-9-13(30-6)15(16(23)19(11)32-14-10-26-20(24)33-14)18(28)17-12(2)27(8-7-25-17)21(29)31-22(3,4)5/h9-10,12,17,25H,7-8H2,1-6H3,(H2,24,26).